The molecule has 1 aromatic rings. The zero-order valence-corrected chi connectivity index (χ0v) is 8.98. The third-order valence-corrected chi connectivity index (χ3v) is 2.83. The van der Waals surface area contributed by atoms with Crippen molar-refractivity contribution in [3.63, 3.8) is 0 Å². The van der Waals surface area contributed by atoms with Crippen LogP contribution in [0.2, 0.25) is 19.6 Å². The van der Waals surface area contributed by atoms with Gasteiger partial charge in [0.15, 0.2) is 8.24 Å². The van der Waals surface area contributed by atoms with Gasteiger partial charge in [0.05, 0.1) is 0 Å². The number of nitrogens with zero attached hydrogens (tertiary/aromatic N) is 1. The molecule has 0 aliphatic rings. The summed E-state index contributed by atoms with van der Waals surface area (Å²) in [6, 6.07) is 4.14. The highest BCUT2D eigenvalue weighted by atomic mass is 32.1. The summed E-state index contributed by atoms with van der Waals surface area (Å²) in [6.07, 6.45) is 2.00. The molecule has 0 saturated heterocycles. The smallest absolute Gasteiger partial charge is 0.172 e. The lowest BCUT2D eigenvalue weighted by Gasteiger charge is -2.06. The van der Waals surface area contributed by atoms with E-state index >= 15 is 0 Å². The summed E-state index contributed by atoms with van der Waals surface area (Å²) in [7, 11) is -1.24. The molecule has 0 aliphatic heterocycles. The van der Waals surface area contributed by atoms with E-state index in [-0.39, 0.29) is 0 Å². The zero-order chi connectivity index (χ0) is 8.32. The van der Waals surface area contributed by atoms with Crippen LogP contribution in [0.15, 0.2) is 22.2 Å². The Labute approximate surface area is 72.9 Å². The van der Waals surface area contributed by atoms with Gasteiger partial charge in [-0.3, -0.25) is 0 Å². The summed E-state index contributed by atoms with van der Waals surface area (Å²) in [5.41, 5.74) is 0. The molecule has 0 radical (unpaired) electrons. The lowest BCUT2D eigenvalue weighted by Crippen LogP contribution is -2.16. The van der Waals surface area contributed by atoms with Crippen LogP contribution in [0.4, 0.5) is 0 Å². The van der Waals surface area contributed by atoms with Gasteiger partial charge in [0, 0.05) is 11.1 Å². The largest absolute Gasteiger partial charge is 0.328 e. The van der Waals surface area contributed by atoms with E-state index in [4.69, 9.17) is 0 Å². The molecule has 1 rings (SSSR count). The molecule has 0 N–H and O–H groups in total. The molecule has 60 valence electrons. The Kier molecular flexibility index (Phi) is 2.62. The maximum Gasteiger partial charge on any atom is 0.172 e. The summed E-state index contributed by atoms with van der Waals surface area (Å²) in [6.45, 7) is 6.70. The molecule has 1 nitrogen and oxygen atoms in total. The molecule has 0 aliphatic carbocycles. The lowest BCUT2D eigenvalue weighted by molar-refractivity contribution is 1.58. The summed E-state index contributed by atoms with van der Waals surface area (Å²) in [4.78, 5) is 1.26. The summed E-state index contributed by atoms with van der Waals surface area (Å²) < 4.78 is 4.52. The van der Waals surface area contributed by atoms with Crippen LogP contribution < -0.4 is 0 Å². The molecular weight excluding hydrogens is 170 g/mol. The second-order valence-corrected chi connectivity index (χ2v) is 9.02. The zero-order valence-electron chi connectivity index (χ0n) is 7.16. The van der Waals surface area contributed by atoms with E-state index in [1.54, 1.807) is 11.3 Å². The molecule has 0 fully saturated rings. The Hall–Kier alpha value is -0.413. The van der Waals surface area contributed by atoms with Gasteiger partial charge in [-0.15, -0.1) is 11.3 Å². The maximum atomic E-state index is 4.52. The average molecular weight is 183 g/mol. The van der Waals surface area contributed by atoms with Gasteiger partial charge in [0.1, 0.15) is 0 Å². The quantitative estimate of drug-likeness (QED) is 0.494. The maximum absolute atomic E-state index is 4.52. The van der Waals surface area contributed by atoms with E-state index in [2.05, 4.69) is 41.8 Å². The van der Waals surface area contributed by atoms with Gasteiger partial charge in [-0.05, 0) is 31.1 Å². The molecule has 0 saturated carbocycles. The summed E-state index contributed by atoms with van der Waals surface area (Å²) in [5, 5.41) is 2.07. The summed E-state index contributed by atoms with van der Waals surface area (Å²) >= 11 is 1.74. The Morgan fingerprint density at radius 1 is 1.45 bits per heavy atom. The van der Waals surface area contributed by atoms with E-state index in [1.807, 2.05) is 6.21 Å². The molecular formula is C8H13NSSi. The Morgan fingerprint density at radius 2 is 2.18 bits per heavy atom. The SMILES string of the molecule is C[Si](C)(C)N=Cc1cccs1. The number of rotatable bonds is 2. The van der Waals surface area contributed by atoms with Gasteiger partial charge < -0.3 is 4.66 Å². The van der Waals surface area contributed by atoms with Crippen molar-refractivity contribution >= 4 is 25.8 Å². The first-order valence-corrected chi connectivity index (χ1v) is 7.99. The Morgan fingerprint density at radius 3 is 2.64 bits per heavy atom. The average Bonchev–Trinajstić information content (AvgIpc) is 2.32. The fraction of sp³-hybridized carbons (Fsp3) is 0.375. The topological polar surface area (TPSA) is 12.4 Å². The predicted octanol–water partition coefficient (Wildman–Crippen LogP) is 3.00. The van der Waals surface area contributed by atoms with Crippen molar-refractivity contribution in [2.45, 2.75) is 19.6 Å². The minimum absolute atomic E-state index is 1.24. The van der Waals surface area contributed by atoms with Crippen molar-refractivity contribution < 1.29 is 0 Å². The first-order valence-electron chi connectivity index (χ1n) is 3.67. The second kappa shape index (κ2) is 3.32. The van der Waals surface area contributed by atoms with Gasteiger partial charge in [-0.1, -0.05) is 6.07 Å². The Balaban J connectivity index is 2.63. The third-order valence-electron chi connectivity index (χ3n) is 1.12. The minimum Gasteiger partial charge on any atom is -0.328 e. The van der Waals surface area contributed by atoms with Crippen LogP contribution in [0.25, 0.3) is 0 Å². The number of thiophene rings is 1. The van der Waals surface area contributed by atoms with Crippen LogP contribution >= 0.6 is 11.3 Å². The van der Waals surface area contributed by atoms with Crippen LogP contribution in [0.5, 0.6) is 0 Å². The van der Waals surface area contributed by atoms with Crippen molar-refractivity contribution in [1.82, 2.24) is 0 Å². The molecule has 11 heavy (non-hydrogen) atoms. The molecule has 0 aromatic carbocycles. The van der Waals surface area contributed by atoms with Crippen molar-refractivity contribution in [3.05, 3.63) is 22.4 Å². The van der Waals surface area contributed by atoms with Gasteiger partial charge in [0.25, 0.3) is 0 Å². The van der Waals surface area contributed by atoms with E-state index in [9.17, 15) is 0 Å². The fourth-order valence-electron chi connectivity index (χ4n) is 0.622. The van der Waals surface area contributed by atoms with Crippen molar-refractivity contribution in [2.75, 3.05) is 0 Å². The van der Waals surface area contributed by atoms with Crippen LogP contribution in [0, 0.1) is 0 Å². The molecule has 0 unspecified atom stereocenters. The van der Waals surface area contributed by atoms with Gasteiger partial charge in [-0.2, -0.15) is 0 Å². The second-order valence-electron chi connectivity index (χ2n) is 3.44. The van der Waals surface area contributed by atoms with Crippen molar-refractivity contribution in [1.29, 1.82) is 0 Å². The van der Waals surface area contributed by atoms with Crippen LogP contribution in [0.3, 0.4) is 0 Å². The van der Waals surface area contributed by atoms with Gasteiger partial charge >= 0.3 is 0 Å². The lowest BCUT2D eigenvalue weighted by atomic mass is 10.5. The van der Waals surface area contributed by atoms with E-state index in [1.165, 1.54) is 4.88 Å². The molecule has 0 amide bonds. The number of hydrogen-bond acceptors (Lipinski definition) is 2. The molecule has 0 bridgehead atoms. The van der Waals surface area contributed by atoms with Crippen LogP contribution in [-0.4, -0.2) is 14.5 Å². The van der Waals surface area contributed by atoms with E-state index in [0.29, 0.717) is 0 Å². The predicted molar refractivity (Wildman–Crippen MR) is 55.3 cm³/mol. The van der Waals surface area contributed by atoms with Crippen molar-refractivity contribution in [2.24, 2.45) is 4.66 Å². The van der Waals surface area contributed by atoms with E-state index in [0.717, 1.165) is 0 Å². The van der Waals surface area contributed by atoms with Crippen LogP contribution in [-0.2, 0) is 0 Å². The molecule has 3 heteroatoms. The summed E-state index contributed by atoms with van der Waals surface area (Å²) in [5.74, 6) is 0. The fourth-order valence-corrected chi connectivity index (χ4v) is 1.83. The van der Waals surface area contributed by atoms with Gasteiger partial charge in [0.2, 0.25) is 0 Å². The highest BCUT2D eigenvalue weighted by molar-refractivity contribution is 7.11. The molecule has 0 spiro atoms. The minimum atomic E-state index is -1.24. The molecule has 1 heterocycles. The normalized spacial score (nSPS) is 12.6. The highest BCUT2D eigenvalue weighted by Gasteiger charge is 2.08. The highest BCUT2D eigenvalue weighted by Crippen LogP contribution is 2.07. The van der Waals surface area contributed by atoms with Gasteiger partial charge in [-0.25, -0.2) is 0 Å². The van der Waals surface area contributed by atoms with E-state index < -0.39 is 8.24 Å². The first-order chi connectivity index (χ1) is 5.08. The molecule has 0 atom stereocenters. The number of hydrogen-bond donors (Lipinski definition) is 0. The monoisotopic (exact) mass is 183 g/mol. The standard InChI is InChI=1S/C8H13NSSi/c1-11(2,3)9-7-8-5-4-6-10-8/h4-7H,1-3H3. The molecule has 1 aromatic heterocycles. The van der Waals surface area contributed by atoms with Crippen molar-refractivity contribution in [3.8, 4) is 0 Å². The van der Waals surface area contributed by atoms with Crippen LogP contribution in [0.1, 0.15) is 4.88 Å². The third kappa shape index (κ3) is 3.48. The Bertz CT molecular complexity index is 233. The first kappa shape index (κ1) is 8.68.